The summed E-state index contributed by atoms with van der Waals surface area (Å²) in [5.74, 6) is 1.06. The summed E-state index contributed by atoms with van der Waals surface area (Å²) < 4.78 is 2.13. The van der Waals surface area contributed by atoms with Crippen molar-refractivity contribution in [2.75, 3.05) is 20.1 Å². The van der Waals surface area contributed by atoms with Crippen LogP contribution in [-0.4, -0.2) is 41.5 Å². The molecule has 1 aromatic carbocycles. The van der Waals surface area contributed by atoms with Crippen LogP contribution in [0.25, 0.3) is 0 Å². The maximum Gasteiger partial charge on any atom is 0.222 e. The van der Waals surface area contributed by atoms with E-state index in [1.54, 1.807) is 7.05 Å². The number of guanidine groups is 1. The molecule has 2 heterocycles. The molecule has 0 radical (unpaired) electrons. The lowest BCUT2D eigenvalue weighted by molar-refractivity contribution is -0.128. The maximum atomic E-state index is 11.7. The molecule has 2 N–H and O–H groups in total. The van der Waals surface area contributed by atoms with Gasteiger partial charge in [-0.05, 0) is 29.7 Å². The van der Waals surface area contributed by atoms with Crippen molar-refractivity contribution in [2.45, 2.75) is 32.5 Å². The first-order valence-electron chi connectivity index (χ1n) is 9.15. The lowest BCUT2D eigenvalue weighted by Crippen LogP contribution is -2.38. The van der Waals surface area contributed by atoms with E-state index >= 15 is 0 Å². The number of aromatic nitrogens is 1. The smallest absolute Gasteiger partial charge is 0.222 e. The predicted molar refractivity (Wildman–Crippen MR) is 119 cm³/mol. The highest BCUT2D eigenvalue weighted by atomic mass is 127. The van der Waals surface area contributed by atoms with Crippen LogP contribution in [0.2, 0.25) is 0 Å². The van der Waals surface area contributed by atoms with Gasteiger partial charge in [-0.1, -0.05) is 24.3 Å². The van der Waals surface area contributed by atoms with E-state index in [4.69, 9.17) is 0 Å². The van der Waals surface area contributed by atoms with Gasteiger partial charge in [-0.2, -0.15) is 0 Å². The third-order valence-corrected chi connectivity index (χ3v) is 4.58. The van der Waals surface area contributed by atoms with Gasteiger partial charge in [0.25, 0.3) is 0 Å². The summed E-state index contributed by atoms with van der Waals surface area (Å²) in [6.45, 7) is 4.03. The molecular formula is C20H28IN5O. The van der Waals surface area contributed by atoms with Gasteiger partial charge in [-0.25, -0.2) is 0 Å². The van der Waals surface area contributed by atoms with Gasteiger partial charge < -0.3 is 20.1 Å². The van der Waals surface area contributed by atoms with Crippen LogP contribution in [-0.2, 0) is 24.4 Å². The molecule has 7 heteroatoms. The van der Waals surface area contributed by atoms with Gasteiger partial charge in [-0.15, -0.1) is 24.0 Å². The van der Waals surface area contributed by atoms with Crippen molar-refractivity contribution in [3.05, 3.63) is 59.9 Å². The van der Waals surface area contributed by atoms with Crippen LogP contribution in [0.3, 0.4) is 0 Å². The summed E-state index contributed by atoms with van der Waals surface area (Å²) in [6.07, 6.45) is 5.78. The average molecular weight is 481 g/mol. The number of likely N-dealkylation sites (tertiary alicyclic amines) is 1. The van der Waals surface area contributed by atoms with E-state index in [9.17, 15) is 4.79 Å². The van der Waals surface area contributed by atoms with E-state index in [1.807, 2.05) is 17.0 Å². The molecule has 0 unspecified atom stereocenters. The molecule has 1 aliphatic rings. The molecule has 0 atom stereocenters. The molecule has 2 aromatic rings. The van der Waals surface area contributed by atoms with Crippen molar-refractivity contribution >= 4 is 35.8 Å². The molecular weight excluding hydrogens is 453 g/mol. The second-order valence-electron chi connectivity index (χ2n) is 6.51. The predicted octanol–water partition coefficient (Wildman–Crippen LogP) is 2.59. The summed E-state index contributed by atoms with van der Waals surface area (Å²) in [4.78, 5) is 17.9. The number of carbonyl (C=O) groups is 1. The standard InChI is InChI=1S/C20H27N5O.HI/c1-21-20(22-10-14-24-11-2-3-12-24)23-15-17-6-8-18(9-7-17)16-25-13-4-5-19(25)26;/h2-3,6-9,11-12H,4-5,10,13-16H2,1H3,(H2,21,22,23);1H. The summed E-state index contributed by atoms with van der Waals surface area (Å²) in [6, 6.07) is 12.5. The number of aliphatic imine (C=N–C) groups is 1. The fourth-order valence-electron chi connectivity index (χ4n) is 3.08. The van der Waals surface area contributed by atoms with E-state index < -0.39 is 0 Å². The molecule has 0 aliphatic carbocycles. The van der Waals surface area contributed by atoms with Crippen molar-refractivity contribution in [2.24, 2.45) is 4.99 Å². The number of amides is 1. The first kappa shape index (κ1) is 21.3. The zero-order valence-corrected chi connectivity index (χ0v) is 18.1. The van der Waals surface area contributed by atoms with Crippen molar-refractivity contribution < 1.29 is 4.79 Å². The van der Waals surface area contributed by atoms with Crippen molar-refractivity contribution in [3.8, 4) is 0 Å². The van der Waals surface area contributed by atoms with Crippen LogP contribution in [0.15, 0.2) is 53.8 Å². The van der Waals surface area contributed by atoms with Gasteiger partial charge >= 0.3 is 0 Å². The van der Waals surface area contributed by atoms with Gasteiger partial charge in [0, 0.05) is 58.6 Å². The van der Waals surface area contributed by atoms with E-state index in [-0.39, 0.29) is 29.9 Å². The molecule has 3 rings (SSSR count). The quantitative estimate of drug-likeness (QED) is 0.363. The summed E-state index contributed by atoms with van der Waals surface area (Å²) >= 11 is 0. The fourth-order valence-corrected chi connectivity index (χ4v) is 3.08. The zero-order chi connectivity index (χ0) is 18.2. The van der Waals surface area contributed by atoms with Gasteiger partial charge in [0.1, 0.15) is 0 Å². The first-order chi connectivity index (χ1) is 12.7. The summed E-state index contributed by atoms with van der Waals surface area (Å²) in [5, 5.41) is 6.65. The van der Waals surface area contributed by atoms with E-state index in [1.165, 1.54) is 11.1 Å². The molecule has 27 heavy (non-hydrogen) atoms. The Morgan fingerprint density at radius 2 is 1.81 bits per heavy atom. The van der Waals surface area contributed by atoms with Gasteiger partial charge in [0.05, 0.1) is 0 Å². The van der Waals surface area contributed by atoms with Gasteiger partial charge in [0.15, 0.2) is 5.96 Å². The van der Waals surface area contributed by atoms with Gasteiger partial charge in [-0.3, -0.25) is 9.79 Å². The molecule has 0 spiro atoms. The second kappa shape index (κ2) is 11.0. The highest BCUT2D eigenvalue weighted by Crippen LogP contribution is 2.14. The van der Waals surface area contributed by atoms with Crippen molar-refractivity contribution in [1.29, 1.82) is 0 Å². The second-order valence-corrected chi connectivity index (χ2v) is 6.51. The number of rotatable bonds is 7. The number of nitrogens with zero attached hydrogens (tertiary/aromatic N) is 3. The number of hydrogen-bond acceptors (Lipinski definition) is 2. The monoisotopic (exact) mass is 481 g/mol. The molecule has 1 amide bonds. The van der Waals surface area contributed by atoms with Crippen LogP contribution in [0.4, 0.5) is 0 Å². The number of benzene rings is 1. The van der Waals surface area contributed by atoms with Crippen molar-refractivity contribution in [1.82, 2.24) is 20.1 Å². The Morgan fingerprint density at radius 3 is 2.44 bits per heavy atom. The highest BCUT2D eigenvalue weighted by Gasteiger charge is 2.19. The first-order valence-corrected chi connectivity index (χ1v) is 9.15. The average Bonchev–Trinajstić information content (AvgIpc) is 3.31. The third kappa shape index (κ3) is 6.57. The van der Waals surface area contributed by atoms with Crippen LogP contribution in [0, 0.1) is 0 Å². The Bertz CT molecular complexity index is 727. The van der Waals surface area contributed by atoms with E-state index in [0.717, 1.165) is 38.6 Å². The van der Waals surface area contributed by atoms with E-state index in [0.29, 0.717) is 13.0 Å². The SMILES string of the molecule is CN=C(NCCn1cccc1)NCc1ccc(CN2CCCC2=O)cc1.I. The number of halogens is 1. The van der Waals surface area contributed by atoms with Crippen LogP contribution >= 0.6 is 24.0 Å². The largest absolute Gasteiger partial charge is 0.355 e. The van der Waals surface area contributed by atoms with Crippen molar-refractivity contribution in [3.63, 3.8) is 0 Å². The normalized spacial score (nSPS) is 14.2. The lowest BCUT2D eigenvalue weighted by atomic mass is 10.1. The molecule has 1 fully saturated rings. The number of hydrogen-bond donors (Lipinski definition) is 2. The number of carbonyl (C=O) groups excluding carboxylic acids is 1. The summed E-state index contributed by atoms with van der Waals surface area (Å²) in [5.41, 5.74) is 2.37. The van der Waals surface area contributed by atoms with Crippen LogP contribution < -0.4 is 10.6 Å². The van der Waals surface area contributed by atoms with E-state index in [2.05, 4.69) is 56.9 Å². The third-order valence-electron chi connectivity index (χ3n) is 4.58. The van der Waals surface area contributed by atoms with Crippen LogP contribution in [0.1, 0.15) is 24.0 Å². The van der Waals surface area contributed by atoms with Gasteiger partial charge in [0.2, 0.25) is 5.91 Å². The zero-order valence-electron chi connectivity index (χ0n) is 15.7. The van der Waals surface area contributed by atoms with Crippen LogP contribution in [0.5, 0.6) is 0 Å². The maximum absolute atomic E-state index is 11.7. The molecule has 1 aliphatic heterocycles. The number of nitrogens with one attached hydrogen (secondary N) is 2. The minimum Gasteiger partial charge on any atom is -0.355 e. The lowest BCUT2D eigenvalue weighted by Gasteiger charge is -2.16. The molecule has 1 aromatic heterocycles. The fraction of sp³-hybridized carbons (Fsp3) is 0.400. The Balaban J connectivity index is 0.00000261. The molecule has 1 saturated heterocycles. The molecule has 0 bridgehead atoms. The molecule has 6 nitrogen and oxygen atoms in total. The summed E-state index contributed by atoms with van der Waals surface area (Å²) in [7, 11) is 1.78. The topological polar surface area (TPSA) is 61.7 Å². The Labute approximate surface area is 178 Å². The minimum absolute atomic E-state index is 0. The minimum atomic E-state index is 0. The Hall–Kier alpha value is -2.03. The molecule has 146 valence electrons. The Kier molecular flexibility index (Phi) is 8.63. The Morgan fingerprint density at radius 1 is 1.11 bits per heavy atom. The molecule has 0 saturated carbocycles. The highest BCUT2D eigenvalue weighted by molar-refractivity contribution is 14.0.